The number of aryl methyl sites for hydroxylation is 1. The van der Waals surface area contributed by atoms with E-state index in [1.165, 1.54) is 19.2 Å². The minimum Gasteiger partial charge on any atom is -0.494 e. The van der Waals surface area contributed by atoms with Gasteiger partial charge in [-0.3, -0.25) is 14.3 Å². The molecule has 0 saturated heterocycles. The molecule has 0 bridgehead atoms. The molecule has 0 spiro atoms. The number of carbonyl (C=O) groups excluding carboxylic acids is 1. The molecule has 4 rings (SSSR count). The number of nitrogens with zero attached hydrogens (tertiary/aromatic N) is 4. The lowest BCUT2D eigenvalue weighted by Gasteiger charge is -2.16. The molecule has 1 aliphatic carbocycles. The van der Waals surface area contributed by atoms with E-state index in [1.807, 2.05) is 4.68 Å². The number of hydrogen-bond acceptors (Lipinski definition) is 5. The van der Waals surface area contributed by atoms with Crippen molar-refractivity contribution in [3.8, 4) is 5.75 Å². The summed E-state index contributed by atoms with van der Waals surface area (Å²) in [4.78, 5) is 25.3. The first-order chi connectivity index (χ1) is 13.9. The molecular formula is C20H22FN5O3. The monoisotopic (exact) mass is 399 g/mol. The van der Waals surface area contributed by atoms with Gasteiger partial charge in [-0.2, -0.15) is 10.2 Å². The summed E-state index contributed by atoms with van der Waals surface area (Å²) in [6, 6.07) is 4.34. The van der Waals surface area contributed by atoms with Crippen LogP contribution in [0, 0.1) is 12.7 Å². The predicted octanol–water partition coefficient (Wildman–Crippen LogP) is 2.26. The summed E-state index contributed by atoms with van der Waals surface area (Å²) in [6.07, 6.45) is 3.69. The first kappa shape index (κ1) is 19.1. The Morgan fingerprint density at radius 2 is 2.17 bits per heavy atom. The van der Waals surface area contributed by atoms with E-state index in [0.29, 0.717) is 28.2 Å². The zero-order valence-electron chi connectivity index (χ0n) is 16.5. The van der Waals surface area contributed by atoms with Gasteiger partial charge in [-0.1, -0.05) is 6.07 Å². The predicted molar refractivity (Wildman–Crippen MR) is 104 cm³/mol. The molecule has 1 N–H and O–H groups in total. The standard InChI is InChI=1S/C20H22FN5O3/c1-11(13-4-7-15(21)17(8-13)29-3)23-18(27)10-25-20(28)19-12(2)24-26(14-5-6-14)16(19)9-22-25/h4,7-9,11,14H,5-6,10H2,1-3H3,(H,23,27). The van der Waals surface area contributed by atoms with Gasteiger partial charge >= 0.3 is 0 Å². The number of aromatic nitrogens is 4. The molecule has 1 fully saturated rings. The first-order valence-electron chi connectivity index (χ1n) is 9.46. The topological polar surface area (TPSA) is 91.0 Å². The van der Waals surface area contributed by atoms with Crippen LogP contribution in [0.2, 0.25) is 0 Å². The summed E-state index contributed by atoms with van der Waals surface area (Å²) in [5, 5.41) is 11.9. The van der Waals surface area contributed by atoms with Crippen molar-refractivity contribution in [3.05, 3.63) is 51.8 Å². The normalized spacial score (nSPS) is 14.8. The molecule has 1 saturated carbocycles. The Kier molecular flexibility index (Phi) is 4.81. The van der Waals surface area contributed by atoms with Crippen molar-refractivity contribution in [1.82, 2.24) is 24.9 Å². The number of methoxy groups -OCH3 is 1. The molecule has 1 aromatic carbocycles. The van der Waals surface area contributed by atoms with Crippen LogP contribution in [0.4, 0.5) is 4.39 Å². The molecular weight excluding hydrogens is 377 g/mol. The number of hydrogen-bond donors (Lipinski definition) is 1. The lowest BCUT2D eigenvalue weighted by molar-refractivity contribution is -0.122. The molecule has 1 atom stereocenters. The van der Waals surface area contributed by atoms with Crippen LogP contribution in [0.15, 0.2) is 29.2 Å². The van der Waals surface area contributed by atoms with Gasteiger partial charge in [0.25, 0.3) is 5.56 Å². The lowest BCUT2D eigenvalue weighted by atomic mass is 10.1. The molecule has 9 heteroatoms. The third kappa shape index (κ3) is 3.59. The van der Waals surface area contributed by atoms with E-state index in [9.17, 15) is 14.0 Å². The molecule has 8 nitrogen and oxygen atoms in total. The van der Waals surface area contributed by atoms with Gasteiger partial charge in [0.05, 0.1) is 42.0 Å². The van der Waals surface area contributed by atoms with Gasteiger partial charge in [0.15, 0.2) is 11.6 Å². The molecule has 1 aliphatic rings. The van der Waals surface area contributed by atoms with Gasteiger partial charge in [0.1, 0.15) is 6.54 Å². The molecule has 1 unspecified atom stereocenters. The van der Waals surface area contributed by atoms with Crippen LogP contribution in [0.1, 0.15) is 43.1 Å². The number of nitrogens with one attached hydrogen (secondary N) is 1. The summed E-state index contributed by atoms with van der Waals surface area (Å²) in [7, 11) is 1.38. The van der Waals surface area contributed by atoms with Crippen molar-refractivity contribution in [2.24, 2.45) is 0 Å². The van der Waals surface area contributed by atoms with Crippen molar-refractivity contribution in [2.45, 2.75) is 45.3 Å². The zero-order valence-corrected chi connectivity index (χ0v) is 16.5. The second kappa shape index (κ2) is 7.31. The van der Waals surface area contributed by atoms with E-state index >= 15 is 0 Å². The van der Waals surface area contributed by atoms with Gasteiger partial charge in [0.2, 0.25) is 5.91 Å². The highest BCUT2D eigenvalue weighted by atomic mass is 19.1. The molecule has 2 aromatic heterocycles. The minimum absolute atomic E-state index is 0.107. The van der Waals surface area contributed by atoms with Crippen LogP contribution in [0.25, 0.3) is 10.9 Å². The number of halogens is 1. The highest BCUT2D eigenvalue weighted by molar-refractivity contribution is 5.81. The van der Waals surface area contributed by atoms with Gasteiger partial charge in [-0.05, 0) is 44.4 Å². The third-order valence-electron chi connectivity index (χ3n) is 5.13. The van der Waals surface area contributed by atoms with Gasteiger partial charge in [-0.25, -0.2) is 9.07 Å². The quantitative estimate of drug-likeness (QED) is 0.687. The summed E-state index contributed by atoms with van der Waals surface area (Å²) >= 11 is 0. The Balaban J connectivity index is 1.52. The summed E-state index contributed by atoms with van der Waals surface area (Å²) in [6.45, 7) is 3.34. The fourth-order valence-electron chi connectivity index (χ4n) is 3.42. The summed E-state index contributed by atoms with van der Waals surface area (Å²) in [5.41, 5.74) is 1.70. The molecule has 152 valence electrons. The smallest absolute Gasteiger partial charge is 0.278 e. The van der Waals surface area contributed by atoms with Crippen LogP contribution in [-0.4, -0.2) is 32.6 Å². The van der Waals surface area contributed by atoms with Crippen LogP contribution in [-0.2, 0) is 11.3 Å². The lowest BCUT2D eigenvalue weighted by Crippen LogP contribution is -2.35. The van der Waals surface area contributed by atoms with Crippen molar-refractivity contribution in [3.63, 3.8) is 0 Å². The van der Waals surface area contributed by atoms with Gasteiger partial charge in [0, 0.05) is 0 Å². The van der Waals surface area contributed by atoms with Crippen molar-refractivity contribution >= 4 is 16.8 Å². The third-order valence-corrected chi connectivity index (χ3v) is 5.13. The number of carbonyl (C=O) groups is 1. The van der Waals surface area contributed by atoms with Crippen molar-refractivity contribution in [1.29, 1.82) is 0 Å². The summed E-state index contributed by atoms with van der Waals surface area (Å²) in [5.74, 6) is -0.738. The highest BCUT2D eigenvalue weighted by Crippen LogP contribution is 2.36. The average Bonchev–Trinajstić information content (AvgIpc) is 3.47. The SMILES string of the molecule is COc1cc(C(C)NC(=O)Cn2ncc3c(c(C)nn3C3CC3)c2=O)ccc1F. The molecule has 29 heavy (non-hydrogen) atoms. The van der Waals surface area contributed by atoms with E-state index in [0.717, 1.165) is 17.5 Å². The Hall–Kier alpha value is -3.23. The maximum absolute atomic E-state index is 13.6. The molecule has 2 heterocycles. The minimum atomic E-state index is -0.471. The maximum atomic E-state index is 13.6. The Bertz CT molecular complexity index is 1150. The second-order valence-electron chi connectivity index (χ2n) is 7.31. The van der Waals surface area contributed by atoms with Crippen LogP contribution in [0.5, 0.6) is 5.75 Å². The number of rotatable bonds is 6. The van der Waals surface area contributed by atoms with E-state index in [4.69, 9.17) is 4.74 Å². The van der Waals surface area contributed by atoms with E-state index in [-0.39, 0.29) is 23.8 Å². The average molecular weight is 399 g/mol. The zero-order chi connectivity index (χ0) is 20.7. The van der Waals surface area contributed by atoms with Crippen LogP contribution in [0.3, 0.4) is 0 Å². The Morgan fingerprint density at radius 3 is 2.86 bits per heavy atom. The Morgan fingerprint density at radius 1 is 1.41 bits per heavy atom. The largest absolute Gasteiger partial charge is 0.494 e. The van der Waals surface area contributed by atoms with Crippen LogP contribution < -0.4 is 15.6 Å². The first-order valence-corrected chi connectivity index (χ1v) is 9.46. The molecule has 0 radical (unpaired) electrons. The summed E-state index contributed by atoms with van der Waals surface area (Å²) < 4.78 is 21.5. The van der Waals surface area contributed by atoms with E-state index in [2.05, 4.69) is 15.5 Å². The molecule has 1 amide bonds. The second-order valence-corrected chi connectivity index (χ2v) is 7.31. The van der Waals surface area contributed by atoms with Crippen molar-refractivity contribution < 1.29 is 13.9 Å². The van der Waals surface area contributed by atoms with Crippen molar-refractivity contribution in [2.75, 3.05) is 7.11 Å². The number of fused-ring (bicyclic) bond motifs is 1. The number of ether oxygens (including phenoxy) is 1. The number of amides is 1. The van der Waals surface area contributed by atoms with E-state index in [1.54, 1.807) is 26.1 Å². The van der Waals surface area contributed by atoms with Gasteiger partial charge < -0.3 is 10.1 Å². The van der Waals surface area contributed by atoms with Crippen LogP contribution >= 0.6 is 0 Å². The Labute approximate surface area is 166 Å². The fourth-order valence-corrected chi connectivity index (χ4v) is 3.42. The highest BCUT2D eigenvalue weighted by Gasteiger charge is 2.28. The fraction of sp³-hybridized carbons (Fsp3) is 0.400. The maximum Gasteiger partial charge on any atom is 0.278 e. The molecule has 0 aliphatic heterocycles. The molecule has 3 aromatic rings. The van der Waals surface area contributed by atoms with E-state index < -0.39 is 11.9 Å². The number of benzene rings is 1. The van der Waals surface area contributed by atoms with Gasteiger partial charge in [-0.15, -0.1) is 0 Å².